The second-order valence-corrected chi connectivity index (χ2v) is 4.54. The van der Waals surface area contributed by atoms with E-state index < -0.39 is 17.4 Å². The summed E-state index contributed by atoms with van der Waals surface area (Å²) in [4.78, 5) is 29.4. The third-order valence-corrected chi connectivity index (χ3v) is 3.01. The Morgan fingerprint density at radius 3 is 2.76 bits per heavy atom. The molecule has 0 aromatic carbocycles. The van der Waals surface area contributed by atoms with E-state index in [4.69, 9.17) is 0 Å². The summed E-state index contributed by atoms with van der Waals surface area (Å²) in [6, 6.07) is 0. The third kappa shape index (κ3) is 1.93. The van der Waals surface area contributed by atoms with Crippen LogP contribution in [-0.4, -0.2) is 30.3 Å². The summed E-state index contributed by atoms with van der Waals surface area (Å²) in [6.45, 7) is 1.83. The van der Waals surface area contributed by atoms with Crippen molar-refractivity contribution < 1.29 is 5.11 Å². The number of rotatable bonds is 2. The Hall–Kier alpha value is -1.41. The fraction of sp³-hybridized carbons (Fsp3) is 0.444. The molecule has 2 N–H and O–H groups in total. The van der Waals surface area contributed by atoms with Gasteiger partial charge in [-0.1, -0.05) is 0 Å². The zero-order valence-electron chi connectivity index (χ0n) is 9.27. The molecule has 17 heavy (non-hydrogen) atoms. The minimum absolute atomic E-state index is 0.221. The summed E-state index contributed by atoms with van der Waals surface area (Å²) in [5, 5.41) is 9.37. The van der Waals surface area contributed by atoms with Gasteiger partial charge in [-0.3, -0.25) is 14.3 Å². The van der Waals surface area contributed by atoms with Crippen molar-refractivity contribution in [3.63, 3.8) is 0 Å². The van der Waals surface area contributed by atoms with Crippen molar-refractivity contribution in [2.45, 2.75) is 19.6 Å². The van der Waals surface area contributed by atoms with Gasteiger partial charge in [-0.05, 0) is 22.9 Å². The lowest BCUT2D eigenvalue weighted by molar-refractivity contribution is 0.174. The third-order valence-electron chi connectivity index (χ3n) is 2.41. The lowest BCUT2D eigenvalue weighted by Crippen LogP contribution is -2.29. The second-order valence-electron chi connectivity index (χ2n) is 3.83. The van der Waals surface area contributed by atoms with E-state index in [0.29, 0.717) is 4.73 Å². The molecule has 0 bridgehead atoms. The lowest BCUT2D eigenvalue weighted by Gasteiger charge is -2.07. The number of imidazole rings is 1. The molecule has 0 aliphatic carbocycles. The maximum atomic E-state index is 11.7. The topological polar surface area (TPSA) is 92.9 Å². The molecule has 0 fully saturated rings. The predicted molar refractivity (Wildman–Crippen MR) is 65.0 cm³/mol. The number of H-pyrrole nitrogens is 1. The molecule has 0 saturated heterocycles. The number of hydrogen-bond acceptors (Lipinski definition) is 4. The molecular formula is C9H11BrN4O3. The highest BCUT2D eigenvalue weighted by Crippen LogP contribution is 2.16. The first-order valence-corrected chi connectivity index (χ1v) is 5.74. The molecule has 2 rings (SSSR count). The van der Waals surface area contributed by atoms with Crippen LogP contribution in [0.1, 0.15) is 6.92 Å². The van der Waals surface area contributed by atoms with Crippen LogP contribution in [0, 0.1) is 0 Å². The molecule has 7 nitrogen and oxygen atoms in total. The molecule has 0 amide bonds. The van der Waals surface area contributed by atoms with E-state index in [-0.39, 0.29) is 17.7 Å². The molecule has 8 heteroatoms. The van der Waals surface area contributed by atoms with Crippen LogP contribution in [-0.2, 0) is 13.6 Å². The quantitative estimate of drug-likeness (QED) is 0.736. The summed E-state index contributed by atoms with van der Waals surface area (Å²) in [6.07, 6.45) is -0.625. The Morgan fingerprint density at radius 2 is 2.18 bits per heavy atom. The van der Waals surface area contributed by atoms with Crippen molar-refractivity contribution in [2.24, 2.45) is 7.05 Å². The molecule has 0 aliphatic heterocycles. The van der Waals surface area contributed by atoms with Gasteiger partial charge in [-0.15, -0.1) is 0 Å². The smallest absolute Gasteiger partial charge is 0.329 e. The second kappa shape index (κ2) is 4.11. The first kappa shape index (κ1) is 12.1. The van der Waals surface area contributed by atoms with Crippen LogP contribution < -0.4 is 11.2 Å². The van der Waals surface area contributed by atoms with Gasteiger partial charge in [0, 0.05) is 7.05 Å². The van der Waals surface area contributed by atoms with E-state index in [2.05, 4.69) is 25.9 Å². The Kier molecular flexibility index (Phi) is 2.92. The molecule has 92 valence electrons. The van der Waals surface area contributed by atoms with Gasteiger partial charge >= 0.3 is 5.69 Å². The molecule has 2 aromatic rings. The van der Waals surface area contributed by atoms with Crippen LogP contribution >= 0.6 is 15.9 Å². The van der Waals surface area contributed by atoms with E-state index in [1.807, 2.05) is 0 Å². The highest BCUT2D eigenvalue weighted by atomic mass is 79.9. The maximum Gasteiger partial charge on any atom is 0.329 e. The number of aromatic nitrogens is 4. The number of aromatic amines is 1. The summed E-state index contributed by atoms with van der Waals surface area (Å²) < 4.78 is 3.18. The van der Waals surface area contributed by atoms with Crippen molar-refractivity contribution in [1.82, 2.24) is 19.1 Å². The van der Waals surface area contributed by atoms with Crippen LogP contribution in [0.4, 0.5) is 0 Å². The van der Waals surface area contributed by atoms with Crippen LogP contribution in [0.5, 0.6) is 0 Å². The zero-order valence-corrected chi connectivity index (χ0v) is 10.9. The number of aryl methyl sites for hydroxylation is 1. The van der Waals surface area contributed by atoms with E-state index in [0.717, 1.165) is 0 Å². The average molecular weight is 303 g/mol. The van der Waals surface area contributed by atoms with Crippen LogP contribution in [0.15, 0.2) is 14.3 Å². The van der Waals surface area contributed by atoms with Crippen molar-refractivity contribution in [2.75, 3.05) is 0 Å². The Bertz CT molecular complexity index is 682. The number of nitrogens with zero attached hydrogens (tertiary/aromatic N) is 3. The van der Waals surface area contributed by atoms with Gasteiger partial charge in [0.15, 0.2) is 15.9 Å². The summed E-state index contributed by atoms with van der Waals surface area (Å²) in [7, 11) is 1.52. The Morgan fingerprint density at radius 1 is 1.53 bits per heavy atom. The summed E-state index contributed by atoms with van der Waals surface area (Å²) >= 11 is 3.20. The standard InChI is InChI=1S/C9H11BrN4O3/c1-4(15)3-14-5-6(11-8(14)10)13(2)9(17)12-7(5)16/h4,15H,3H2,1-2H3,(H,12,16,17)/t4-/m0/s1. The minimum atomic E-state index is -0.625. The Labute approximate surface area is 104 Å². The van der Waals surface area contributed by atoms with Gasteiger partial charge < -0.3 is 9.67 Å². The largest absolute Gasteiger partial charge is 0.392 e. The van der Waals surface area contributed by atoms with Crippen LogP contribution in [0.25, 0.3) is 11.2 Å². The van der Waals surface area contributed by atoms with Gasteiger partial charge in [-0.25, -0.2) is 9.78 Å². The Balaban J connectivity index is 2.87. The number of aliphatic hydroxyl groups excluding tert-OH is 1. The molecule has 0 saturated carbocycles. The molecule has 0 unspecified atom stereocenters. The minimum Gasteiger partial charge on any atom is -0.392 e. The maximum absolute atomic E-state index is 11.7. The molecule has 0 radical (unpaired) electrons. The summed E-state index contributed by atoms with van der Waals surface area (Å²) in [5.41, 5.74) is -0.482. The molecule has 0 spiro atoms. The number of hydrogen-bond donors (Lipinski definition) is 2. The van der Waals surface area contributed by atoms with Crippen LogP contribution in [0.3, 0.4) is 0 Å². The molecule has 1 atom stereocenters. The van der Waals surface area contributed by atoms with Crippen molar-refractivity contribution in [1.29, 1.82) is 0 Å². The number of aliphatic hydroxyl groups is 1. The molecular weight excluding hydrogens is 292 g/mol. The van der Waals surface area contributed by atoms with Gasteiger partial charge in [0.25, 0.3) is 5.56 Å². The molecule has 0 aliphatic rings. The van der Waals surface area contributed by atoms with Gasteiger partial charge in [0.2, 0.25) is 0 Å². The van der Waals surface area contributed by atoms with E-state index in [9.17, 15) is 14.7 Å². The zero-order chi connectivity index (χ0) is 12.7. The molecule has 2 aromatic heterocycles. The number of halogens is 1. The fourth-order valence-electron chi connectivity index (χ4n) is 1.64. The predicted octanol–water partition coefficient (Wildman–Crippen LogP) is -0.433. The van der Waals surface area contributed by atoms with E-state index >= 15 is 0 Å². The SMILES string of the molecule is C[C@H](O)Cn1c(Br)nc2c1c(=O)[nH]c(=O)n2C. The van der Waals surface area contributed by atoms with Crippen LogP contribution in [0.2, 0.25) is 0 Å². The van der Waals surface area contributed by atoms with Gasteiger partial charge in [0.1, 0.15) is 0 Å². The number of fused-ring (bicyclic) bond motifs is 1. The lowest BCUT2D eigenvalue weighted by atomic mass is 10.4. The summed E-state index contributed by atoms with van der Waals surface area (Å²) in [5.74, 6) is 0. The highest BCUT2D eigenvalue weighted by Gasteiger charge is 2.16. The first-order chi connectivity index (χ1) is 7.91. The first-order valence-electron chi connectivity index (χ1n) is 4.95. The average Bonchev–Trinajstić information content (AvgIpc) is 2.53. The molecule has 2 heterocycles. The van der Waals surface area contributed by atoms with Gasteiger partial charge in [0.05, 0.1) is 12.6 Å². The van der Waals surface area contributed by atoms with E-state index in [1.54, 1.807) is 6.92 Å². The normalized spacial score (nSPS) is 13.2. The fourth-order valence-corrected chi connectivity index (χ4v) is 2.13. The highest BCUT2D eigenvalue weighted by molar-refractivity contribution is 9.10. The van der Waals surface area contributed by atoms with Crippen molar-refractivity contribution >= 4 is 27.1 Å². The number of nitrogens with one attached hydrogen (secondary N) is 1. The van der Waals surface area contributed by atoms with Gasteiger partial charge in [-0.2, -0.15) is 0 Å². The monoisotopic (exact) mass is 302 g/mol. The van der Waals surface area contributed by atoms with E-state index in [1.165, 1.54) is 16.2 Å². The van der Waals surface area contributed by atoms with Crippen molar-refractivity contribution in [3.05, 3.63) is 25.6 Å². The van der Waals surface area contributed by atoms with Crippen molar-refractivity contribution in [3.8, 4) is 0 Å².